The predicted molar refractivity (Wildman–Crippen MR) is 61.1 cm³/mol. The summed E-state index contributed by atoms with van der Waals surface area (Å²) in [6.07, 6.45) is 4.18. The van der Waals surface area contributed by atoms with Gasteiger partial charge in [0, 0.05) is 12.1 Å². The Balaban J connectivity index is 0.000000671. The number of rotatable bonds is 4. The topological polar surface area (TPSA) is 3.24 Å². The molecule has 1 heteroatoms. The minimum Gasteiger partial charge on any atom is -0.300 e. The van der Waals surface area contributed by atoms with Crippen molar-refractivity contribution >= 4 is 0 Å². The van der Waals surface area contributed by atoms with E-state index in [4.69, 9.17) is 0 Å². The molecule has 1 saturated carbocycles. The van der Waals surface area contributed by atoms with Crippen LogP contribution in [0.25, 0.3) is 0 Å². The van der Waals surface area contributed by atoms with Crippen molar-refractivity contribution in [2.24, 2.45) is 5.92 Å². The van der Waals surface area contributed by atoms with E-state index in [0.29, 0.717) is 5.54 Å². The second kappa shape index (κ2) is 5.64. The molecule has 0 aromatic carbocycles. The van der Waals surface area contributed by atoms with Crippen molar-refractivity contribution in [1.29, 1.82) is 0 Å². The number of hydrogen-bond acceptors (Lipinski definition) is 1. The molecule has 0 amide bonds. The largest absolute Gasteiger partial charge is 0.300 e. The van der Waals surface area contributed by atoms with Crippen molar-refractivity contribution in [3.63, 3.8) is 0 Å². The Kier molecular flexibility index (Phi) is 5.62. The molecule has 0 saturated heterocycles. The summed E-state index contributed by atoms with van der Waals surface area (Å²) in [6.45, 7) is 12.2. The summed E-state index contributed by atoms with van der Waals surface area (Å²) in [6, 6.07) is 0. The number of nitrogens with zero attached hydrogens (tertiary/aromatic N) is 1. The van der Waals surface area contributed by atoms with E-state index in [-0.39, 0.29) is 0 Å². The van der Waals surface area contributed by atoms with Crippen LogP contribution in [0.1, 0.15) is 53.9 Å². The van der Waals surface area contributed by atoms with Gasteiger partial charge in [-0.15, -0.1) is 0 Å². The fraction of sp³-hybridized carbons (Fsp3) is 1.00. The van der Waals surface area contributed by atoms with E-state index in [9.17, 15) is 0 Å². The maximum atomic E-state index is 2.55. The summed E-state index contributed by atoms with van der Waals surface area (Å²) in [5.41, 5.74) is 0.615. The van der Waals surface area contributed by atoms with Crippen molar-refractivity contribution < 1.29 is 0 Å². The molecular weight excluding hydrogens is 158 g/mol. The SMILES string of the molecule is CC.CCC1(N(C)CC(C)C)CC1. The van der Waals surface area contributed by atoms with Gasteiger partial charge in [-0.25, -0.2) is 0 Å². The lowest BCUT2D eigenvalue weighted by Gasteiger charge is -2.28. The lowest BCUT2D eigenvalue weighted by atomic mass is 10.1. The van der Waals surface area contributed by atoms with E-state index in [1.807, 2.05) is 13.8 Å². The molecule has 0 bridgehead atoms. The van der Waals surface area contributed by atoms with Crippen molar-refractivity contribution in [3.8, 4) is 0 Å². The first-order chi connectivity index (χ1) is 6.10. The fourth-order valence-corrected chi connectivity index (χ4v) is 1.89. The van der Waals surface area contributed by atoms with Crippen LogP contribution in [-0.2, 0) is 0 Å². The molecule has 0 aliphatic heterocycles. The van der Waals surface area contributed by atoms with Crippen molar-refractivity contribution in [2.45, 2.75) is 59.4 Å². The van der Waals surface area contributed by atoms with E-state index in [1.165, 1.54) is 25.8 Å². The van der Waals surface area contributed by atoms with Crippen LogP contribution >= 0.6 is 0 Å². The zero-order valence-corrected chi connectivity index (χ0v) is 10.4. The van der Waals surface area contributed by atoms with Gasteiger partial charge in [-0.1, -0.05) is 34.6 Å². The van der Waals surface area contributed by atoms with Crippen LogP contribution in [0.2, 0.25) is 0 Å². The Labute approximate surface area is 84.5 Å². The third kappa shape index (κ3) is 3.68. The van der Waals surface area contributed by atoms with E-state index in [1.54, 1.807) is 0 Å². The lowest BCUT2D eigenvalue weighted by Crippen LogP contribution is -2.35. The van der Waals surface area contributed by atoms with Gasteiger partial charge >= 0.3 is 0 Å². The summed E-state index contributed by atoms with van der Waals surface area (Å²) in [5.74, 6) is 0.809. The van der Waals surface area contributed by atoms with Crippen molar-refractivity contribution in [2.75, 3.05) is 13.6 Å². The molecule has 1 fully saturated rings. The average molecular weight is 185 g/mol. The maximum absolute atomic E-state index is 2.55. The van der Waals surface area contributed by atoms with Gasteiger partial charge in [0.1, 0.15) is 0 Å². The third-order valence-electron chi connectivity index (χ3n) is 2.93. The lowest BCUT2D eigenvalue weighted by molar-refractivity contribution is 0.192. The first-order valence-corrected chi connectivity index (χ1v) is 5.82. The normalized spacial score (nSPS) is 18.5. The summed E-state index contributed by atoms with van der Waals surface area (Å²) in [5, 5.41) is 0. The first-order valence-electron chi connectivity index (χ1n) is 5.82. The van der Waals surface area contributed by atoms with Crippen LogP contribution in [0.3, 0.4) is 0 Å². The van der Waals surface area contributed by atoms with Gasteiger partial charge in [-0.3, -0.25) is 0 Å². The quantitative estimate of drug-likeness (QED) is 0.647. The molecule has 0 aromatic heterocycles. The minimum atomic E-state index is 0.615. The van der Waals surface area contributed by atoms with Crippen LogP contribution in [0.5, 0.6) is 0 Å². The van der Waals surface area contributed by atoms with Gasteiger partial charge in [0.25, 0.3) is 0 Å². The molecule has 0 aromatic rings. The number of hydrogen-bond donors (Lipinski definition) is 0. The monoisotopic (exact) mass is 185 g/mol. The Hall–Kier alpha value is -0.0400. The molecule has 1 rings (SSSR count). The van der Waals surface area contributed by atoms with Crippen LogP contribution in [0.4, 0.5) is 0 Å². The van der Waals surface area contributed by atoms with Gasteiger partial charge in [-0.05, 0) is 32.2 Å². The van der Waals surface area contributed by atoms with Gasteiger partial charge in [-0.2, -0.15) is 0 Å². The second-order valence-corrected chi connectivity index (χ2v) is 4.35. The van der Waals surface area contributed by atoms with Crippen LogP contribution in [-0.4, -0.2) is 24.0 Å². The van der Waals surface area contributed by atoms with Crippen LogP contribution in [0, 0.1) is 5.92 Å². The molecule has 1 aliphatic rings. The Bertz CT molecular complexity index is 125. The molecule has 0 spiro atoms. The van der Waals surface area contributed by atoms with Gasteiger partial charge in [0.05, 0.1) is 0 Å². The highest BCUT2D eigenvalue weighted by molar-refractivity contribution is 5.01. The predicted octanol–water partition coefficient (Wildman–Crippen LogP) is 3.54. The molecule has 1 aliphatic carbocycles. The Morgan fingerprint density at radius 1 is 1.23 bits per heavy atom. The molecule has 0 atom stereocenters. The third-order valence-corrected chi connectivity index (χ3v) is 2.93. The van der Waals surface area contributed by atoms with Gasteiger partial charge in [0.15, 0.2) is 0 Å². The fourth-order valence-electron chi connectivity index (χ4n) is 1.89. The Morgan fingerprint density at radius 2 is 1.69 bits per heavy atom. The highest BCUT2D eigenvalue weighted by atomic mass is 15.2. The van der Waals surface area contributed by atoms with Crippen molar-refractivity contribution in [1.82, 2.24) is 4.90 Å². The molecule has 1 nitrogen and oxygen atoms in total. The second-order valence-electron chi connectivity index (χ2n) is 4.35. The molecule has 0 radical (unpaired) electrons. The highest BCUT2D eigenvalue weighted by Gasteiger charge is 2.44. The van der Waals surface area contributed by atoms with Crippen molar-refractivity contribution in [3.05, 3.63) is 0 Å². The van der Waals surface area contributed by atoms with E-state index >= 15 is 0 Å². The molecular formula is C12H27N. The van der Waals surface area contributed by atoms with E-state index < -0.39 is 0 Å². The highest BCUT2D eigenvalue weighted by Crippen LogP contribution is 2.43. The molecule has 0 N–H and O–H groups in total. The van der Waals surface area contributed by atoms with Gasteiger partial charge in [0.2, 0.25) is 0 Å². The standard InChI is InChI=1S/C10H21N.C2H6/c1-5-10(6-7-10)11(4)8-9(2)3;1-2/h9H,5-8H2,1-4H3;1-2H3. The molecule has 0 unspecified atom stereocenters. The molecule has 13 heavy (non-hydrogen) atoms. The maximum Gasteiger partial charge on any atom is 0.0205 e. The summed E-state index contributed by atoms with van der Waals surface area (Å²) < 4.78 is 0. The smallest absolute Gasteiger partial charge is 0.0205 e. The zero-order chi connectivity index (χ0) is 10.5. The zero-order valence-electron chi connectivity index (χ0n) is 10.4. The first kappa shape index (κ1) is 13.0. The molecule has 0 heterocycles. The Morgan fingerprint density at radius 3 is 1.92 bits per heavy atom. The summed E-state index contributed by atoms with van der Waals surface area (Å²) in [7, 11) is 2.27. The molecule has 80 valence electrons. The van der Waals surface area contributed by atoms with E-state index in [0.717, 1.165) is 5.92 Å². The van der Waals surface area contributed by atoms with Crippen LogP contribution < -0.4 is 0 Å². The summed E-state index contributed by atoms with van der Waals surface area (Å²) >= 11 is 0. The van der Waals surface area contributed by atoms with Crippen LogP contribution in [0.15, 0.2) is 0 Å². The average Bonchev–Trinajstić information content (AvgIpc) is 2.87. The van der Waals surface area contributed by atoms with E-state index in [2.05, 4.69) is 32.7 Å². The minimum absolute atomic E-state index is 0.615. The summed E-state index contributed by atoms with van der Waals surface area (Å²) in [4.78, 5) is 2.55. The van der Waals surface area contributed by atoms with Gasteiger partial charge < -0.3 is 4.90 Å².